The van der Waals surface area contributed by atoms with Gasteiger partial charge in [-0.1, -0.05) is 35.5 Å². The van der Waals surface area contributed by atoms with E-state index < -0.39 is 10.0 Å². The second-order valence-electron chi connectivity index (χ2n) is 6.54. The Hall–Kier alpha value is -2.64. The first-order valence-electron chi connectivity index (χ1n) is 9.07. The molecule has 1 heterocycles. The summed E-state index contributed by atoms with van der Waals surface area (Å²) in [5, 5.41) is 3.96. The quantitative estimate of drug-likeness (QED) is 0.644. The van der Waals surface area contributed by atoms with Crippen LogP contribution in [0.5, 0.6) is 5.75 Å². The predicted molar refractivity (Wildman–Crippen MR) is 108 cm³/mol. The number of hydrogen-bond acceptors (Lipinski definition) is 5. The van der Waals surface area contributed by atoms with Gasteiger partial charge in [0.2, 0.25) is 10.0 Å². The van der Waals surface area contributed by atoms with E-state index in [0.29, 0.717) is 23.7 Å². The van der Waals surface area contributed by atoms with Gasteiger partial charge < -0.3 is 9.26 Å². The molecule has 3 aromatic rings. The van der Waals surface area contributed by atoms with Crippen molar-refractivity contribution in [1.29, 1.82) is 0 Å². The van der Waals surface area contributed by atoms with Gasteiger partial charge in [0, 0.05) is 17.7 Å². The van der Waals surface area contributed by atoms with E-state index >= 15 is 0 Å². The Balaban J connectivity index is 1.91. The molecule has 0 radical (unpaired) electrons. The molecule has 0 aliphatic rings. The minimum Gasteiger partial charge on any atom is -0.494 e. The van der Waals surface area contributed by atoms with Gasteiger partial charge in [-0.3, -0.25) is 0 Å². The lowest BCUT2D eigenvalue weighted by Gasteiger charge is -2.13. The molecule has 7 heteroatoms. The molecule has 28 heavy (non-hydrogen) atoms. The second kappa shape index (κ2) is 8.16. The van der Waals surface area contributed by atoms with Crippen molar-refractivity contribution in [2.75, 3.05) is 6.61 Å². The van der Waals surface area contributed by atoms with Gasteiger partial charge in [0.05, 0.1) is 17.2 Å². The molecule has 2 aromatic carbocycles. The predicted octanol–water partition coefficient (Wildman–Crippen LogP) is 4.14. The Bertz CT molecular complexity index is 1070. The van der Waals surface area contributed by atoms with Gasteiger partial charge in [0.25, 0.3) is 0 Å². The number of sulfonamides is 1. The number of nitrogens with zero attached hydrogens (tertiary/aromatic N) is 1. The second-order valence-corrected chi connectivity index (χ2v) is 8.28. The van der Waals surface area contributed by atoms with Crippen molar-refractivity contribution in [3.05, 3.63) is 65.0 Å². The monoisotopic (exact) mass is 400 g/mol. The van der Waals surface area contributed by atoms with Crippen molar-refractivity contribution in [2.24, 2.45) is 0 Å². The van der Waals surface area contributed by atoms with Crippen LogP contribution < -0.4 is 9.46 Å². The molecule has 6 nitrogen and oxygen atoms in total. The van der Waals surface area contributed by atoms with Gasteiger partial charge >= 0.3 is 0 Å². The van der Waals surface area contributed by atoms with Crippen molar-refractivity contribution in [1.82, 2.24) is 9.88 Å². The fourth-order valence-corrected chi connectivity index (χ4v) is 4.41. The van der Waals surface area contributed by atoms with Crippen molar-refractivity contribution in [3.63, 3.8) is 0 Å². The molecule has 1 N–H and O–H groups in total. The van der Waals surface area contributed by atoms with Crippen molar-refractivity contribution in [2.45, 2.75) is 39.1 Å². The molecule has 0 bridgehead atoms. The summed E-state index contributed by atoms with van der Waals surface area (Å²) >= 11 is 0. The molecule has 0 saturated heterocycles. The lowest BCUT2D eigenvalue weighted by Crippen LogP contribution is -2.24. The van der Waals surface area contributed by atoms with Crippen LogP contribution in [0, 0.1) is 20.8 Å². The molecule has 148 valence electrons. The van der Waals surface area contributed by atoms with E-state index in [4.69, 9.17) is 9.26 Å². The van der Waals surface area contributed by atoms with Gasteiger partial charge in [-0.2, -0.15) is 0 Å². The zero-order valence-electron chi connectivity index (χ0n) is 16.4. The first-order chi connectivity index (χ1) is 13.3. The molecule has 0 aliphatic carbocycles. The molecule has 0 spiro atoms. The molecule has 0 fully saturated rings. The van der Waals surface area contributed by atoms with E-state index in [0.717, 1.165) is 22.4 Å². The first kappa shape index (κ1) is 20.1. The summed E-state index contributed by atoms with van der Waals surface area (Å²) in [4.78, 5) is 0.235. The Kier molecular flexibility index (Phi) is 5.86. The van der Waals surface area contributed by atoms with Gasteiger partial charge in [0.1, 0.15) is 11.5 Å². The number of benzene rings is 2. The number of ether oxygens (including phenoxy) is 1. The summed E-state index contributed by atoms with van der Waals surface area (Å²) in [6, 6.07) is 12.7. The Labute approximate surface area is 165 Å². The van der Waals surface area contributed by atoms with Gasteiger partial charge in [-0.25, -0.2) is 13.1 Å². The average molecular weight is 401 g/mol. The molecule has 1 aromatic heterocycles. The highest BCUT2D eigenvalue weighted by atomic mass is 32.2. The molecule has 3 rings (SSSR count). The number of hydrogen-bond donors (Lipinski definition) is 1. The van der Waals surface area contributed by atoms with E-state index in [1.165, 1.54) is 0 Å². The molecular formula is C21H24N2O4S. The maximum atomic E-state index is 13.0. The van der Waals surface area contributed by atoms with Gasteiger partial charge in [-0.15, -0.1) is 0 Å². The van der Waals surface area contributed by atoms with Crippen LogP contribution in [0.3, 0.4) is 0 Å². The van der Waals surface area contributed by atoms with Crippen LogP contribution >= 0.6 is 0 Å². The third-order valence-corrected chi connectivity index (χ3v) is 6.07. The molecular weight excluding hydrogens is 376 g/mol. The number of aryl methyl sites for hydroxylation is 3. The minimum atomic E-state index is -3.72. The summed E-state index contributed by atoms with van der Waals surface area (Å²) < 4.78 is 39.5. The fraction of sp³-hybridized carbons (Fsp3) is 0.286. The SMILES string of the molecule is CCOc1ccccc1CNS(=O)(=O)c1cc(-c2c(C)noc2C)ccc1C. The fourth-order valence-electron chi connectivity index (χ4n) is 3.14. The largest absolute Gasteiger partial charge is 0.494 e. The van der Waals surface area contributed by atoms with Crippen LogP contribution in [-0.4, -0.2) is 20.2 Å². The zero-order valence-corrected chi connectivity index (χ0v) is 17.3. The van der Waals surface area contributed by atoms with Crippen molar-refractivity contribution in [3.8, 4) is 16.9 Å². The topological polar surface area (TPSA) is 81.4 Å². The number of rotatable bonds is 7. The van der Waals surface area contributed by atoms with Crippen LogP contribution in [0.15, 0.2) is 51.9 Å². The lowest BCUT2D eigenvalue weighted by atomic mass is 10.0. The van der Waals surface area contributed by atoms with Gasteiger partial charge in [0.15, 0.2) is 0 Å². The highest BCUT2D eigenvalue weighted by molar-refractivity contribution is 7.89. The Morgan fingerprint density at radius 2 is 1.86 bits per heavy atom. The van der Waals surface area contributed by atoms with E-state index in [9.17, 15) is 8.42 Å². The summed E-state index contributed by atoms with van der Waals surface area (Å²) in [6.45, 7) is 7.98. The molecule has 0 atom stereocenters. The third-order valence-electron chi connectivity index (χ3n) is 4.52. The minimum absolute atomic E-state index is 0.146. The number of nitrogens with one attached hydrogen (secondary N) is 1. The highest BCUT2D eigenvalue weighted by Crippen LogP contribution is 2.30. The van der Waals surface area contributed by atoms with E-state index in [-0.39, 0.29) is 11.4 Å². The Morgan fingerprint density at radius 3 is 2.54 bits per heavy atom. The third kappa shape index (κ3) is 4.10. The highest BCUT2D eigenvalue weighted by Gasteiger charge is 2.20. The summed E-state index contributed by atoms with van der Waals surface area (Å²) in [5.41, 5.74) is 3.76. The normalized spacial score (nSPS) is 11.6. The first-order valence-corrected chi connectivity index (χ1v) is 10.6. The van der Waals surface area contributed by atoms with Gasteiger partial charge in [-0.05, 0) is 51.0 Å². The van der Waals surface area contributed by atoms with Crippen LogP contribution in [0.4, 0.5) is 0 Å². The average Bonchev–Trinajstić information content (AvgIpc) is 3.00. The summed E-state index contributed by atoms with van der Waals surface area (Å²) in [7, 11) is -3.72. The van der Waals surface area contributed by atoms with E-state index in [1.54, 1.807) is 19.1 Å². The van der Waals surface area contributed by atoms with Crippen LogP contribution in [-0.2, 0) is 16.6 Å². The van der Waals surface area contributed by atoms with Crippen molar-refractivity contribution < 1.29 is 17.7 Å². The Morgan fingerprint density at radius 1 is 1.11 bits per heavy atom. The summed E-state index contributed by atoms with van der Waals surface area (Å²) in [6.07, 6.45) is 0. The molecule has 0 saturated carbocycles. The van der Waals surface area contributed by atoms with E-state index in [2.05, 4.69) is 9.88 Å². The molecule has 0 amide bonds. The standard InChI is InChI=1S/C21H24N2O4S/c1-5-26-19-9-7-6-8-18(19)13-22-28(24,25)20-12-17(11-10-14(20)2)21-15(3)23-27-16(21)4/h6-12,22H,5,13H2,1-4H3. The van der Waals surface area contributed by atoms with Crippen molar-refractivity contribution >= 4 is 10.0 Å². The zero-order chi connectivity index (χ0) is 20.3. The maximum Gasteiger partial charge on any atom is 0.241 e. The summed E-state index contributed by atoms with van der Waals surface area (Å²) in [5.74, 6) is 1.33. The number of para-hydroxylation sites is 1. The van der Waals surface area contributed by atoms with Crippen LogP contribution in [0.25, 0.3) is 11.1 Å². The smallest absolute Gasteiger partial charge is 0.241 e. The van der Waals surface area contributed by atoms with Crippen LogP contribution in [0.2, 0.25) is 0 Å². The lowest BCUT2D eigenvalue weighted by molar-refractivity contribution is 0.336. The number of aromatic nitrogens is 1. The molecule has 0 aliphatic heterocycles. The molecule has 0 unspecified atom stereocenters. The van der Waals surface area contributed by atoms with E-state index in [1.807, 2.05) is 51.1 Å². The van der Waals surface area contributed by atoms with Crippen LogP contribution in [0.1, 0.15) is 29.5 Å². The maximum absolute atomic E-state index is 13.0.